The number of allylic oxidation sites excluding steroid dienone is 1. The molecule has 0 aliphatic heterocycles. The van der Waals surface area contributed by atoms with E-state index in [4.69, 9.17) is 4.52 Å². The first-order chi connectivity index (χ1) is 10.3. The van der Waals surface area contributed by atoms with Crippen LogP contribution in [0.15, 0.2) is 27.0 Å². The van der Waals surface area contributed by atoms with Crippen LogP contribution in [0.1, 0.15) is 33.1 Å². The standard InChI is InChI=1S/C13H14F3N3OS2/c1-13(2,3)11-18-10(19-20-11)8-6-17-12(22-8)21-5-4-7(14)9(15)16/h6H,4-5H2,1-3H3. The second-order valence-electron chi connectivity index (χ2n) is 5.43. The van der Waals surface area contributed by atoms with Crippen LogP contribution in [0.5, 0.6) is 0 Å². The number of hydrogen-bond acceptors (Lipinski definition) is 6. The molecule has 0 fully saturated rings. The normalized spacial score (nSPS) is 11.7. The third kappa shape index (κ3) is 4.33. The smallest absolute Gasteiger partial charge is 0.301 e. The number of hydrogen-bond donors (Lipinski definition) is 0. The minimum Gasteiger partial charge on any atom is -0.338 e. The average molecular weight is 349 g/mol. The Balaban J connectivity index is 2.00. The molecule has 0 aliphatic carbocycles. The van der Waals surface area contributed by atoms with Gasteiger partial charge in [0.05, 0.1) is 11.1 Å². The number of halogens is 3. The zero-order valence-corrected chi connectivity index (χ0v) is 13.8. The molecule has 0 unspecified atom stereocenters. The molecule has 0 amide bonds. The molecule has 22 heavy (non-hydrogen) atoms. The van der Waals surface area contributed by atoms with Crippen LogP contribution in [-0.4, -0.2) is 20.9 Å². The second-order valence-corrected chi connectivity index (χ2v) is 7.80. The van der Waals surface area contributed by atoms with E-state index in [0.717, 1.165) is 4.88 Å². The van der Waals surface area contributed by atoms with E-state index < -0.39 is 11.9 Å². The highest BCUT2D eigenvalue weighted by atomic mass is 32.2. The van der Waals surface area contributed by atoms with E-state index in [1.54, 1.807) is 6.20 Å². The van der Waals surface area contributed by atoms with Gasteiger partial charge in [0, 0.05) is 17.6 Å². The number of rotatable bonds is 5. The zero-order valence-electron chi connectivity index (χ0n) is 12.2. The van der Waals surface area contributed by atoms with E-state index in [-0.39, 0.29) is 17.6 Å². The summed E-state index contributed by atoms with van der Waals surface area (Å²) < 4.78 is 42.4. The van der Waals surface area contributed by atoms with Gasteiger partial charge in [0.2, 0.25) is 11.7 Å². The Morgan fingerprint density at radius 3 is 2.64 bits per heavy atom. The van der Waals surface area contributed by atoms with Crippen molar-refractivity contribution in [3.63, 3.8) is 0 Å². The molecule has 0 aromatic carbocycles. The Morgan fingerprint density at radius 1 is 1.32 bits per heavy atom. The summed E-state index contributed by atoms with van der Waals surface area (Å²) in [7, 11) is 0. The highest BCUT2D eigenvalue weighted by Crippen LogP contribution is 2.32. The summed E-state index contributed by atoms with van der Waals surface area (Å²) >= 11 is 2.52. The molecule has 2 heterocycles. The van der Waals surface area contributed by atoms with Gasteiger partial charge >= 0.3 is 6.08 Å². The van der Waals surface area contributed by atoms with Crippen LogP contribution in [0.2, 0.25) is 0 Å². The molecule has 120 valence electrons. The summed E-state index contributed by atoms with van der Waals surface area (Å²) in [5.74, 6) is -0.224. The van der Waals surface area contributed by atoms with Crippen LogP contribution in [0.25, 0.3) is 10.7 Å². The van der Waals surface area contributed by atoms with Crippen LogP contribution in [0.4, 0.5) is 13.2 Å². The van der Waals surface area contributed by atoms with E-state index in [1.807, 2.05) is 20.8 Å². The van der Waals surface area contributed by atoms with Gasteiger partial charge in [-0.1, -0.05) is 37.7 Å². The van der Waals surface area contributed by atoms with Gasteiger partial charge in [-0.15, -0.1) is 11.3 Å². The fraction of sp³-hybridized carbons (Fsp3) is 0.462. The number of thioether (sulfide) groups is 1. The lowest BCUT2D eigenvalue weighted by atomic mass is 9.97. The van der Waals surface area contributed by atoms with Gasteiger partial charge in [-0.2, -0.15) is 13.8 Å². The Bertz CT molecular complexity index is 672. The van der Waals surface area contributed by atoms with Crippen LogP contribution >= 0.6 is 23.1 Å². The molecular formula is C13H14F3N3OS2. The Labute approximate surface area is 133 Å². The van der Waals surface area contributed by atoms with Gasteiger partial charge in [0.1, 0.15) is 0 Å². The molecule has 4 nitrogen and oxygen atoms in total. The van der Waals surface area contributed by atoms with Gasteiger partial charge in [-0.25, -0.2) is 9.37 Å². The fourth-order valence-corrected chi connectivity index (χ4v) is 3.29. The number of nitrogens with zero attached hydrogens (tertiary/aromatic N) is 3. The molecule has 0 saturated heterocycles. The summed E-state index contributed by atoms with van der Waals surface area (Å²) in [4.78, 5) is 9.17. The van der Waals surface area contributed by atoms with Crippen LogP contribution < -0.4 is 0 Å². The molecule has 2 rings (SSSR count). The number of thiazole rings is 1. The molecule has 0 bridgehead atoms. The van der Waals surface area contributed by atoms with Crippen LogP contribution in [-0.2, 0) is 5.41 Å². The van der Waals surface area contributed by atoms with Crippen LogP contribution in [0.3, 0.4) is 0 Å². The quantitative estimate of drug-likeness (QED) is 0.707. The minimum absolute atomic E-state index is 0.190. The Hall–Kier alpha value is -1.35. The zero-order chi connectivity index (χ0) is 16.3. The minimum atomic E-state index is -2.26. The molecule has 9 heteroatoms. The van der Waals surface area contributed by atoms with Gasteiger partial charge in [-0.05, 0) is 0 Å². The van der Waals surface area contributed by atoms with Crippen LogP contribution in [0, 0.1) is 0 Å². The highest BCUT2D eigenvalue weighted by Gasteiger charge is 2.23. The first kappa shape index (κ1) is 17.0. The van der Waals surface area contributed by atoms with Crippen molar-refractivity contribution in [3.05, 3.63) is 24.0 Å². The third-order valence-corrected chi connectivity index (χ3v) is 4.68. The second kappa shape index (κ2) is 6.82. The van der Waals surface area contributed by atoms with Crippen molar-refractivity contribution in [1.82, 2.24) is 15.1 Å². The maximum Gasteiger partial charge on any atom is 0.301 e. The monoisotopic (exact) mass is 349 g/mol. The predicted molar refractivity (Wildman–Crippen MR) is 79.8 cm³/mol. The molecule has 0 radical (unpaired) electrons. The summed E-state index contributed by atoms with van der Waals surface area (Å²) in [6.45, 7) is 5.89. The van der Waals surface area contributed by atoms with Crippen molar-refractivity contribution >= 4 is 23.1 Å². The lowest BCUT2D eigenvalue weighted by Crippen LogP contribution is -2.11. The summed E-state index contributed by atoms with van der Waals surface area (Å²) in [5, 5.41) is 3.91. The van der Waals surface area contributed by atoms with Gasteiger partial charge in [-0.3, -0.25) is 0 Å². The lowest BCUT2D eigenvalue weighted by Gasteiger charge is -2.10. The molecule has 2 aromatic rings. The predicted octanol–water partition coefficient (Wildman–Crippen LogP) is 5.05. The third-order valence-electron chi connectivity index (χ3n) is 2.52. The fourth-order valence-electron chi connectivity index (χ4n) is 1.38. The van der Waals surface area contributed by atoms with E-state index in [9.17, 15) is 13.2 Å². The first-order valence-corrected chi connectivity index (χ1v) is 8.20. The number of aromatic nitrogens is 3. The summed E-state index contributed by atoms with van der Waals surface area (Å²) in [5.41, 5.74) is -0.242. The molecule has 0 aliphatic rings. The van der Waals surface area contributed by atoms with Gasteiger partial charge in [0.25, 0.3) is 0 Å². The van der Waals surface area contributed by atoms with E-state index >= 15 is 0 Å². The highest BCUT2D eigenvalue weighted by molar-refractivity contribution is 8.01. The lowest BCUT2D eigenvalue weighted by molar-refractivity contribution is 0.321. The molecule has 0 atom stereocenters. The van der Waals surface area contributed by atoms with Gasteiger partial charge in [0.15, 0.2) is 10.2 Å². The SMILES string of the molecule is CC(C)(C)c1nc(-c2cnc(SCCC(F)=C(F)F)s2)no1. The van der Waals surface area contributed by atoms with Crippen molar-refractivity contribution in [3.8, 4) is 10.7 Å². The summed E-state index contributed by atoms with van der Waals surface area (Å²) in [6.07, 6.45) is -0.994. The maximum absolute atomic E-state index is 12.7. The van der Waals surface area contributed by atoms with Crippen molar-refractivity contribution in [2.24, 2.45) is 0 Å². The van der Waals surface area contributed by atoms with E-state index in [2.05, 4.69) is 15.1 Å². The first-order valence-electron chi connectivity index (χ1n) is 6.40. The van der Waals surface area contributed by atoms with Crippen molar-refractivity contribution in [2.45, 2.75) is 36.9 Å². The molecule has 2 aromatic heterocycles. The average Bonchev–Trinajstić information content (AvgIpc) is 3.05. The summed E-state index contributed by atoms with van der Waals surface area (Å²) in [6, 6.07) is 0. The van der Waals surface area contributed by atoms with Gasteiger partial charge < -0.3 is 4.52 Å². The van der Waals surface area contributed by atoms with E-state index in [1.165, 1.54) is 23.1 Å². The molecule has 0 N–H and O–H groups in total. The Kier molecular flexibility index (Phi) is 5.28. The van der Waals surface area contributed by atoms with E-state index in [0.29, 0.717) is 16.1 Å². The Morgan fingerprint density at radius 2 is 2.05 bits per heavy atom. The maximum atomic E-state index is 12.7. The van der Waals surface area contributed by atoms with Crippen molar-refractivity contribution in [2.75, 3.05) is 5.75 Å². The topological polar surface area (TPSA) is 51.8 Å². The van der Waals surface area contributed by atoms with Crippen molar-refractivity contribution < 1.29 is 17.7 Å². The molecular weight excluding hydrogens is 335 g/mol. The largest absolute Gasteiger partial charge is 0.338 e. The molecule has 0 saturated carbocycles. The van der Waals surface area contributed by atoms with Crippen molar-refractivity contribution in [1.29, 1.82) is 0 Å². The molecule has 0 spiro atoms.